The summed E-state index contributed by atoms with van der Waals surface area (Å²) in [5.74, 6) is 1.75. The lowest BCUT2D eigenvalue weighted by atomic mass is 10.2. The number of anilines is 4. The quantitative estimate of drug-likeness (QED) is 0.458. The van der Waals surface area contributed by atoms with Crippen LogP contribution >= 0.6 is 11.6 Å². The van der Waals surface area contributed by atoms with E-state index in [1.807, 2.05) is 19.1 Å². The van der Waals surface area contributed by atoms with Crippen LogP contribution in [0.3, 0.4) is 0 Å². The van der Waals surface area contributed by atoms with E-state index in [1.54, 1.807) is 44.6 Å². The number of nitrogens with one attached hydrogen (secondary N) is 3. The number of aromatic amines is 1. The van der Waals surface area contributed by atoms with Crippen molar-refractivity contribution in [3.63, 3.8) is 0 Å². The van der Waals surface area contributed by atoms with Crippen molar-refractivity contribution in [3.8, 4) is 5.75 Å². The summed E-state index contributed by atoms with van der Waals surface area (Å²) in [6, 6.07) is 10.8. The van der Waals surface area contributed by atoms with Gasteiger partial charge in [0, 0.05) is 30.4 Å². The van der Waals surface area contributed by atoms with Gasteiger partial charge in [-0.25, -0.2) is 9.97 Å². The number of hydrogen-bond donors (Lipinski definition) is 3. The highest BCUT2D eigenvalue weighted by Crippen LogP contribution is 2.33. The highest BCUT2D eigenvalue weighted by atomic mass is 35.5. The largest absolute Gasteiger partial charge is 0.495 e. The second-order valence-corrected chi connectivity index (χ2v) is 7.00. The Hall–Kier alpha value is -3.52. The van der Waals surface area contributed by atoms with Gasteiger partial charge in [-0.05, 0) is 36.8 Å². The number of fused-ring (bicyclic) bond motifs is 1. The summed E-state index contributed by atoms with van der Waals surface area (Å²) in [5.41, 5.74) is 2.58. The fourth-order valence-corrected chi connectivity index (χ4v) is 3.19. The maximum Gasteiger partial charge on any atom is 0.277 e. The van der Waals surface area contributed by atoms with E-state index in [1.165, 1.54) is 4.68 Å². The number of H-pyrrole nitrogens is 1. The van der Waals surface area contributed by atoms with Crippen molar-refractivity contribution in [1.29, 1.82) is 0 Å². The van der Waals surface area contributed by atoms with Crippen LogP contribution in [0.15, 0.2) is 47.4 Å². The van der Waals surface area contributed by atoms with Gasteiger partial charge >= 0.3 is 0 Å². The van der Waals surface area contributed by atoms with Gasteiger partial charge in [0.05, 0.1) is 18.5 Å². The molecule has 8 nitrogen and oxygen atoms in total. The maximum atomic E-state index is 12.6. The number of nitrogens with zero attached hydrogens (tertiary/aromatic N) is 3. The van der Waals surface area contributed by atoms with Gasteiger partial charge in [-0.2, -0.15) is 0 Å². The normalized spacial score (nSPS) is 10.9. The molecule has 3 N–H and O–H groups in total. The average Bonchev–Trinajstić information content (AvgIpc) is 2.97. The van der Waals surface area contributed by atoms with Crippen molar-refractivity contribution >= 4 is 45.6 Å². The zero-order chi connectivity index (χ0) is 20.5. The molecule has 0 amide bonds. The molecule has 0 saturated carbocycles. The molecule has 3 heterocycles. The van der Waals surface area contributed by atoms with Crippen LogP contribution in [0.1, 0.15) is 5.56 Å². The number of aryl methyl sites for hydroxylation is 2. The van der Waals surface area contributed by atoms with Crippen LogP contribution in [0, 0.1) is 6.92 Å². The fraction of sp³-hybridized carbons (Fsp3) is 0.150. The van der Waals surface area contributed by atoms with E-state index in [0.29, 0.717) is 44.8 Å². The molecule has 3 aromatic heterocycles. The Kier molecular flexibility index (Phi) is 4.85. The first-order valence-corrected chi connectivity index (χ1v) is 9.22. The molecule has 4 rings (SSSR count). The zero-order valence-corrected chi connectivity index (χ0v) is 16.8. The van der Waals surface area contributed by atoms with E-state index in [9.17, 15) is 4.79 Å². The Morgan fingerprint density at radius 2 is 1.93 bits per heavy atom. The molecule has 148 valence electrons. The van der Waals surface area contributed by atoms with Gasteiger partial charge in [0.1, 0.15) is 22.8 Å². The molecule has 0 spiro atoms. The number of rotatable bonds is 5. The van der Waals surface area contributed by atoms with Crippen LogP contribution in [0.25, 0.3) is 11.0 Å². The monoisotopic (exact) mass is 410 g/mol. The van der Waals surface area contributed by atoms with E-state index in [2.05, 4.69) is 25.7 Å². The molecule has 0 saturated heterocycles. The summed E-state index contributed by atoms with van der Waals surface area (Å²) in [5, 5.41) is 10.4. The minimum absolute atomic E-state index is 0.192. The Balaban J connectivity index is 1.82. The van der Waals surface area contributed by atoms with E-state index >= 15 is 0 Å². The third-order valence-electron chi connectivity index (χ3n) is 4.42. The number of hydrogen-bond acceptors (Lipinski definition) is 6. The SMILES string of the molecule is COc1cc(Cl)ccc1Nc1cc(Nc2cc(C)ccn2)nc2[nH]n(C)c(=O)c12. The summed E-state index contributed by atoms with van der Waals surface area (Å²) in [4.78, 5) is 21.5. The Morgan fingerprint density at radius 3 is 2.69 bits per heavy atom. The molecule has 0 aliphatic heterocycles. The van der Waals surface area contributed by atoms with Crippen molar-refractivity contribution in [1.82, 2.24) is 19.7 Å². The lowest BCUT2D eigenvalue weighted by Crippen LogP contribution is -2.12. The fourth-order valence-electron chi connectivity index (χ4n) is 3.03. The number of methoxy groups -OCH3 is 1. The molecular formula is C20H19ClN6O2. The highest BCUT2D eigenvalue weighted by molar-refractivity contribution is 6.30. The lowest BCUT2D eigenvalue weighted by molar-refractivity contribution is 0.417. The first-order chi connectivity index (χ1) is 13.9. The Labute approximate surface area is 171 Å². The summed E-state index contributed by atoms with van der Waals surface area (Å²) in [6.45, 7) is 1.98. The second-order valence-electron chi connectivity index (χ2n) is 6.57. The molecule has 29 heavy (non-hydrogen) atoms. The molecule has 4 aromatic rings. The minimum atomic E-state index is -0.192. The third kappa shape index (κ3) is 3.74. The van der Waals surface area contributed by atoms with Gasteiger partial charge in [-0.1, -0.05) is 11.6 Å². The highest BCUT2D eigenvalue weighted by Gasteiger charge is 2.15. The van der Waals surface area contributed by atoms with Gasteiger partial charge in [0.15, 0.2) is 5.65 Å². The van der Waals surface area contributed by atoms with Crippen LogP contribution in [0.5, 0.6) is 5.75 Å². The van der Waals surface area contributed by atoms with Crippen LogP contribution in [-0.4, -0.2) is 26.9 Å². The van der Waals surface area contributed by atoms with E-state index < -0.39 is 0 Å². The Bertz CT molecular complexity index is 1260. The molecule has 0 aliphatic carbocycles. The first kappa shape index (κ1) is 18.8. The van der Waals surface area contributed by atoms with Gasteiger partial charge in [0.25, 0.3) is 5.56 Å². The van der Waals surface area contributed by atoms with Crippen molar-refractivity contribution in [2.45, 2.75) is 6.92 Å². The molecule has 0 radical (unpaired) electrons. The molecule has 0 fully saturated rings. The van der Waals surface area contributed by atoms with E-state index in [-0.39, 0.29) is 5.56 Å². The van der Waals surface area contributed by atoms with Crippen LogP contribution in [-0.2, 0) is 7.05 Å². The molecular weight excluding hydrogens is 392 g/mol. The van der Waals surface area contributed by atoms with Gasteiger partial charge in [-0.3, -0.25) is 14.6 Å². The molecule has 0 unspecified atom stereocenters. The number of ether oxygens (including phenoxy) is 1. The third-order valence-corrected chi connectivity index (χ3v) is 4.65. The van der Waals surface area contributed by atoms with E-state index in [0.717, 1.165) is 5.56 Å². The first-order valence-electron chi connectivity index (χ1n) is 8.84. The molecule has 0 atom stereocenters. The maximum absolute atomic E-state index is 12.6. The van der Waals surface area contributed by atoms with Crippen molar-refractivity contribution in [2.75, 3.05) is 17.7 Å². The number of pyridine rings is 2. The van der Waals surface area contributed by atoms with Crippen molar-refractivity contribution in [2.24, 2.45) is 7.05 Å². The second kappa shape index (κ2) is 7.48. The summed E-state index contributed by atoms with van der Waals surface area (Å²) >= 11 is 6.06. The van der Waals surface area contributed by atoms with Crippen molar-refractivity contribution in [3.05, 3.63) is 63.5 Å². The van der Waals surface area contributed by atoms with E-state index in [4.69, 9.17) is 16.3 Å². The van der Waals surface area contributed by atoms with Crippen LogP contribution < -0.4 is 20.9 Å². The smallest absolute Gasteiger partial charge is 0.277 e. The predicted octanol–water partition coefficient (Wildman–Crippen LogP) is 4.11. The topological polar surface area (TPSA) is 96.9 Å². The molecule has 1 aromatic carbocycles. The molecule has 0 bridgehead atoms. The molecule has 0 aliphatic rings. The zero-order valence-electron chi connectivity index (χ0n) is 16.1. The van der Waals surface area contributed by atoms with Crippen LogP contribution in [0.4, 0.5) is 23.0 Å². The summed E-state index contributed by atoms with van der Waals surface area (Å²) < 4.78 is 6.79. The van der Waals surface area contributed by atoms with Gasteiger partial charge in [-0.15, -0.1) is 0 Å². The van der Waals surface area contributed by atoms with Crippen molar-refractivity contribution < 1.29 is 4.74 Å². The number of halogens is 1. The standard InChI is InChI=1S/C20H19ClN6O2/c1-11-6-7-22-16(8-11)24-17-10-14(18-19(25-17)26-27(2)20(18)28)23-13-5-4-12(21)9-15(13)29-3/h4-10H,1-3H3,(H3,22,23,24,25,26). The number of aromatic nitrogens is 4. The predicted molar refractivity (Wildman–Crippen MR) is 115 cm³/mol. The summed E-state index contributed by atoms with van der Waals surface area (Å²) in [6.07, 6.45) is 1.72. The summed E-state index contributed by atoms with van der Waals surface area (Å²) in [7, 11) is 3.20. The number of benzene rings is 1. The van der Waals surface area contributed by atoms with Gasteiger partial charge < -0.3 is 15.4 Å². The van der Waals surface area contributed by atoms with Gasteiger partial charge in [0.2, 0.25) is 0 Å². The molecule has 9 heteroatoms. The Morgan fingerprint density at radius 1 is 1.10 bits per heavy atom. The minimum Gasteiger partial charge on any atom is -0.495 e. The average molecular weight is 411 g/mol. The lowest BCUT2D eigenvalue weighted by Gasteiger charge is -2.13. The van der Waals surface area contributed by atoms with Crippen LogP contribution in [0.2, 0.25) is 5.02 Å².